The number of benzene rings is 1. The van der Waals surface area contributed by atoms with E-state index in [4.69, 9.17) is 9.15 Å². The molecule has 0 unspecified atom stereocenters. The Balaban J connectivity index is 2.09. The molecule has 23 heavy (non-hydrogen) atoms. The molecule has 1 amide bonds. The maximum atomic E-state index is 11.6. The van der Waals surface area contributed by atoms with Crippen molar-refractivity contribution in [3.63, 3.8) is 0 Å². The minimum absolute atomic E-state index is 0.0536. The minimum Gasteiger partial charge on any atom is -0.507 e. The highest BCUT2D eigenvalue weighted by atomic mass is 79.9. The highest BCUT2D eigenvalue weighted by Gasteiger charge is 2.11. The molecule has 124 valence electrons. The van der Waals surface area contributed by atoms with Crippen LogP contribution in [0, 0.1) is 0 Å². The van der Waals surface area contributed by atoms with E-state index in [9.17, 15) is 14.7 Å². The molecule has 0 aliphatic carbocycles. The molecule has 0 saturated carbocycles. The average molecular weight is 387 g/mol. The number of aromatic hydroxyl groups is 1. The second-order valence-corrected chi connectivity index (χ2v) is 5.35. The van der Waals surface area contributed by atoms with Crippen LogP contribution >= 0.6 is 15.9 Å². The zero-order valence-corrected chi connectivity index (χ0v) is 13.8. The number of carbonyl (C=O) groups excluding carboxylic acids is 1. The van der Waals surface area contributed by atoms with E-state index in [2.05, 4.69) is 31.6 Å². The Morgan fingerprint density at radius 2 is 2.13 bits per heavy atom. The van der Waals surface area contributed by atoms with Crippen molar-refractivity contribution in [2.75, 3.05) is 20.2 Å². The lowest BCUT2D eigenvalue weighted by Crippen LogP contribution is -2.31. The predicted octanol–water partition coefficient (Wildman–Crippen LogP) is 1.64. The number of fused-ring (bicyclic) bond motifs is 1. The molecule has 0 fully saturated rings. The van der Waals surface area contributed by atoms with E-state index in [1.807, 2.05) is 0 Å². The molecule has 2 rings (SSSR count). The van der Waals surface area contributed by atoms with Crippen LogP contribution in [0.2, 0.25) is 0 Å². The van der Waals surface area contributed by atoms with E-state index in [1.165, 1.54) is 19.2 Å². The Kier molecular flexibility index (Phi) is 5.97. The highest BCUT2D eigenvalue weighted by Crippen LogP contribution is 2.30. The molecular formula is C14H15BrN2O6. The van der Waals surface area contributed by atoms with Crippen LogP contribution in [0.15, 0.2) is 31.9 Å². The molecule has 0 spiro atoms. The van der Waals surface area contributed by atoms with Crippen molar-refractivity contribution in [1.82, 2.24) is 10.8 Å². The Morgan fingerprint density at radius 1 is 1.35 bits per heavy atom. The van der Waals surface area contributed by atoms with Gasteiger partial charge in [-0.05, 0) is 22.0 Å². The molecule has 0 radical (unpaired) electrons. The fourth-order valence-corrected chi connectivity index (χ4v) is 2.21. The molecule has 8 nitrogen and oxygen atoms in total. The number of amides is 1. The molecule has 0 atom stereocenters. The zero-order chi connectivity index (χ0) is 16.8. The average Bonchev–Trinajstić information content (AvgIpc) is 2.51. The minimum atomic E-state index is -0.623. The third-order valence-electron chi connectivity index (χ3n) is 2.90. The topological polar surface area (TPSA) is 110 Å². The number of rotatable bonds is 6. The third-order valence-corrected chi connectivity index (χ3v) is 3.53. The Morgan fingerprint density at radius 3 is 2.87 bits per heavy atom. The van der Waals surface area contributed by atoms with Crippen molar-refractivity contribution in [3.8, 4) is 5.75 Å². The van der Waals surface area contributed by atoms with Crippen LogP contribution in [0.1, 0.15) is 5.56 Å². The number of phenols is 1. The Hall–Kier alpha value is -2.10. The van der Waals surface area contributed by atoms with Gasteiger partial charge in [0.2, 0.25) is 0 Å². The number of phenolic OH excluding ortho intramolecular Hbond substituents is 1. The van der Waals surface area contributed by atoms with E-state index in [0.717, 1.165) is 0 Å². The van der Waals surface area contributed by atoms with E-state index < -0.39 is 11.7 Å². The van der Waals surface area contributed by atoms with Gasteiger partial charge in [-0.15, -0.1) is 0 Å². The molecule has 2 aromatic rings. The lowest BCUT2D eigenvalue weighted by atomic mass is 10.1. The van der Waals surface area contributed by atoms with Crippen LogP contribution in [0.25, 0.3) is 11.0 Å². The number of carbonyl (C=O) groups is 1. The first-order valence-corrected chi connectivity index (χ1v) is 7.42. The monoisotopic (exact) mass is 386 g/mol. The van der Waals surface area contributed by atoms with Crippen LogP contribution in [0.3, 0.4) is 0 Å². The zero-order valence-electron chi connectivity index (χ0n) is 12.2. The number of hydrogen-bond acceptors (Lipinski definition) is 7. The van der Waals surface area contributed by atoms with Crippen LogP contribution < -0.4 is 16.4 Å². The number of nitrogens with one attached hydrogen (secondary N) is 2. The summed E-state index contributed by atoms with van der Waals surface area (Å²) in [5.41, 5.74) is 2.66. The van der Waals surface area contributed by atoms with E-state index >= 15 is 0 Å². The molecule has 3 N–H and O–H groups in total. The van der Waals surface area contributed by atoms with Crippen molar-refractivity contribution in [1.29, 1.82) is 0 Å². The summed E-state index contributed by atoms with van der Waals surface area (Å²) >= 11 is 3.19. The molecule has 0 saturated heterocycles. The van der Waals surface area contributed by atoms with Gasteiger partial charge in [-0.25, -0.2) is 15.1 Å². The summed E-state index contributed by atoms with van der Waals surface area (Å²) in [5.74, 6) is -0.0536. The van der Waals surface area contributed by atoms with Crippen molar-refractivity contribution in [2.24, 2.45) is 0 Å². The standard InChI is InChI=1S/C14H15BrN2O6/c1-21-17-3-2-16-14(20)22-7-8-4-13(19)23-12-6-11(18)10(15)5-9(8)12/h4-6,17-18H,2-3,7H2,1H3,(H,16,20). The normalized spacial score (nSPS) is 10.7. The van der Waals surface area contributed by atoms with Gasteiger partial charge in [0.1, 0.15) is 17.9 Å². The summed E-state index contributed by atoms with van der Waals surface area (Å²) in [7, 11) is 1.47. The summed E-state index contributed by atoms with van der Waals surface area (Å²) in [6, 6.07) is 4.15. The molecular weight excluding hydrogens is 372 g/mol. The maximum absolute atomic E-state index is 11.6. The number of alkyl carbamates (subject to hydrolysis) is 1. The summed E-state index contributed by atoms with van der Waals surface area (Å²) < 4.78 is 10.5. The summed E-state index contributed by atoms with van der Waals surface area (Å²) in [4.78, 5) is 27.7. The summed E-state index contributed by atoms with van der Waals surface area (Å²) in [5, 5.41) is 12.7. The first-order chi connectivity index (χ1) is 11.0. The number of halogens is 1. The van der Waals surface area contributed by atoms with E-state index in [1.54, 1.807) is 6.07 Å². The van der Waals surface area contributed by atoms with Crippen molar-refractivity contribution in [2.45, 2.75) is 6.61 Å². The molecule has 1 aromatic carbocycles. The van der Waals surface area contributed by atoms with Crippen LogP contribution in [0.5, 0.6) is 5.75 Å². The Labute approximate surface area is 139 Å². The predicted molar refractivity (Wildman–Crippen MR) is 85.0 cm³/mol. The lowest BCUT2D eigenvalue weighted by molar-refractivity contribution is 0.0908. The Bertz CT molecular complexity index is 761. The van der Waals surface area contributed by atoms with Gasteiger partial charge in [0.05, 0.1) is 11.6 Å². The SMILES string of the molecule is CONCCNC(=O)OCc1cc(=O)oc2cc(O)c(Br)cc12. The lowest BCUT2D eigenvalue weighted by Gasteiger charge is -2.09. The largest absolute Gasteiger partial charge is 0.507 e. The van der Waals surface area contributed by atoms with Gasteiger partial charge in [0, 0.05) is 36.2 Å². The van der Waals surface area contributed by atoms with Gasteiger partial charge in [0.25, 0.3) is 0 Å². The second kappa shape index (κ2) is 7.95. The molecule has 0 aliphatic rings. The van der Waals surface area contributed by atoms with E-state index in [0.29, 0.717) is 28.5 Å². The van der Waals surface area contributed by atoms with Crippen LogP contribution in [0.4, 0.5) is 4.79 Å². The van der Waals surface area contributed by atoms with E-state index in [-0.39, 0.29) is 17.9 Å². The second-order valence-electron chi connectivity index (χ2n) is 4.49. The molecule has 9 heteroatoms. The van der Waals surface area contributed by atoms with Gasteiger partial charge in [-0.2, -0.15) is 0 Å². The van der Waals surface area contributed by atoms with Gasteiger partial charge in [-0.3, -0.25) is 0 Å². The molecule has 0 bridgehead atoms. The van der Waals surface area contributed by atoms with Gasteiger partial charge >= 0.3 is 11.7 Å². The highest BCUT2D eigenvalue weighted by molar-refractivity contribution is 9.10. The molecule has 0 aliphatic heterocycles. The smallest absolute Gasteiger partial charge is 0.407 e. The van der Waals surface area contributed by atoms with Crippen LogP contribution in [-0.4, -0.2) is 31.4 Å². The maximum Gasteiger partial charge on any atom is 0.407 e. The van der Waals surface area contributed by atoms with Crippen molar-refractivity contribution < 1.29 is 23.9 Å². The number of hydroxylamine groups is 1. The van der Waals surface area contributed by atoms with Gasteiger partial charge in [-0.1, -0.05) is 0 Å². The third kappa shape index (κ3) is 4.68. The first kappa shape index (κ1) is 17.3. The number of ether oxygens (including phenoxy) is 1. The van der Waals surface area contributed by atoms with Gasteiger partial charge < -0.3 is 24.4 Å². The van der Waals surface area contributed by atoms with Crippen molar-refractivity contribution >= 4 is 33.0 Å². The quantitative estimate of drug-likeness (QED) is 0.393. The van der Waals surface area contributed by atoms with Crippen LogP contribution in [-0.2, 0) is 16.2 Å². The summed E-state index contributed by atoms with van der Waals surface area (Å²) in [6.07, 6.45) is -0.623. The summed E-state index contributed by atoms with van der Waals surface area (Å²) in [6.45, 7) is 0.641. The molecule has 1 aromatic heterocycles. The van der Waals surface area contributed by atoms with Crippen molar-refractivity contribution in [3.05, 3.63) is 38.7 Å². The first-order valence-electron chi connectivity index (χ1n) is 6.63. The fourth-order valence-electron chi connectivity index (χ4n) is 1.87. The number of hydrogen-bond donors (Lipinski definition) is 3. The fraction of sp³-hybridized carbons (Fsp3) is 0.286. The molecule has 1 heterocycles. The van der Waals surface area contributed by atoms with Gasteiger partial charge in [0.15, 0.2) is 0 Å².